The second-order valence-electron chi connectivity index (χ2n) is 4.42. The summed E-state index contributed by atoms with van der Waals surface area (Å²) in [5, 5.41) is 1.13. The van der Waals surface area contributed by atoms with Crippen LogP contribution >= 0.6 is 23.2 Å². The van der Waals surface area contributed by atoms with E-state index >= 15 is 0 Å². The van der Waals surface area contributed by atoms with Crippen molar-refractivity contribution in [2.24, 2.45) is 0 Å². The normalized spacial score (nSPS) is 10.5. The fraction of sp³-hybridized carbons (Fsp3) is 0.200. The number of aryl methyl sites for hydroxylation is 2. The average Bonchev–Trinajstić information content (AvgIpc) is 2.33. The summed E-state index contributed by atoms with van der Waals surface area (Å²) >= 11 is 12.0. The van der Waals surface area contributed by atoms with Crippen molar-refractivity contribution in [1.82, 2.24) is 4.98 Å². The minimum Gasteiger partial charge on any atom is -0.294 e. The minimum atomic E-state index is -0.00540. The van der Waals surface area contributed by atoms with Crippen LogP contribution in [0.1, 0.15) is 27.3 Å². The molecule has 1 aromatic heterocycles. The van der Waals surface area contributed by atoms with Gasteiger partial charge in [0.15, 0.2) is 5.78 Å². The van der Waals surface area contributed by atoms with Gasteiger partial charge in [-0.25, -0.2) is 0 Å². The lowest BCUT2D eigenvalue weighted by Crippen LogP contribution is -2.07. The lowest BCUT2D eigenvalue weighted by atomic mass is 10.0. The number of pyridine rings is 1. The second-order valence-corrected chi connectivity index (χ2v) is 5.26. The maximum absolute atomic E-state index is 12.3. The Kier molecular flexibility index (Phi) is 4.23. The van der Waals surface area contributed by atoms with Gasteiger partial charge in [0.1, 0.15) is 0 Å². The number of ketones is 1. The van der Waals surface area contributed by atoms with Gasteiger partial charge in [-0.05, 0) is 49.7 Å². The quantitative estimate of drug-likeness (QED) is 0.784. The van der Waals surface area contributed by atoms with E-state index in [0.717, 1.165) is 17.0 Å². The van der Waals surface area contributed by atoms with Gasteiger partial charge in [-0.1, -0.05) is 23.2 Å². The minimum absolute atomic E-state index is 0.00540. The molecule has 0 saturated carbocycles. The first-order valence-corrected chi connectivity index (χ1v) is 6.64. The van der Waals surface area contributed by atoms with Crippen LogP contribution in [0.2, 0.25) is 10.0 Å². The molecule has 0 amide bonds. The van der Waals surface area contributed by atoms with Gasteiger partial charge in [0.2, 0.25) is 0 Å². The molecule has 0 aliphatic carbocycles. The molecule has 0 spiro atoms. The molecule has 1 aromatic carbocycles. The Bertz CT molecular complexity index is 638. The van der Waals surface area contributed by atoms with E-state index in [2.05, 4.69) is 4.98 Å². The van der Waals surface area contributed by atoms with Crippen LogP contribution in [0.5, 0.6) is 0 Å². The lowest BCUT2D eigenvalue weighted by Gasteiger charge is -2.07. The van der Waals surface area contributed by atoms with E-state index in [1.165, 1.54) is 0 Å². The first kappa shape index (κ1) is 14.0. The number of hydrogen-bond donors (Lipinski definition) is 0. The van der Waals surface area contributed by atoms with E-state index in [1.54, 1.807) is 24.3 Å². The van der Waals surface area contributed by atoms with Gasteiger partial charge in [0.05, 0.1) is 0 Å². The van der Waals surface area contributed by atoms with Crippen LogP contribution < -0.4 is 0 Å². The molecular weight excluding hydrogens is 281 g/mol. The van der Waals surface area contributed by atoms with Crippen molar-refractivity contribution < 1.29 is 4.79 Å². The van der Waals surface area contributed by atoms with Crippen molar-refractivity contribution >= 4 is 29.0 Å². The number of benzene rings is 1. The van der Waals surface area contributed by atoms with Gasteiger partial charge < -0.3 is 0 Å². The molecular formula is C15H13Cl2NO. The van der Waals surface area contributed by atoms with Gasteiger partial charge >= 0.3 is 0 Å². The topological polar surface area (TPSA) is 30.0 Å². The molecule has 19 heavy (non-hydrogen) atoms. The lowest BCUT2D eigenvalue weighted by molar-refractivity contribution is 0.0992. The highest BCUT2D eigenvalue weighted by molar-refractivity contribution is 6.33. The van der Waals surface area contributed by atoms with Gasteiger partial charge in [0, 0.05) is 33.4 Å². The molecule has 0 atom stereocenters. The van der Waals surface area contributed by atoms with Crippen molar-refractivity contribution in [3.05, 3.63) is 62.9 Å². The summed E-state index contributed by atoms with van der Waals surface area (Å²) < 4.78 is 0. The maximum Gasteiger partial charge on any atom is 0.169 e. The van der Waals surface area contributed by atoms with E-state index in [-0.39, 0.29) is 12.2 Å². The molecule has 2 nitrogen and oxygen atoms in total. The van der Waals surface area contributed by atoms with Crippen LogP contribution in [0.25, 0.3) is 0 Å². The van der Waals surface area contributed by atoms with E-state index in [4.69, 9.17) is 23.2 Å². The molecule has 98 valence electrons. The van der Waals surface area contributed by atoms with Crippen LogP contribution in [0.3, 0.4) is 0 Å². The molecule has 0 bridgehead atoms. The standard InChI is InChI=1S/C15H13Cl2NO/c1-9-3-5-13(10(2)18-9)15(19)8-11-7-12(16)4-6-14(11)17/h3-7H,8H2,1-2H3. The van der Waals surface area contributed by atoms with Gasteiger partial charge in [-0.3, -0.25) is 9.78 Å². The molecule has 0 aliphatic heterocycles. The average molecular weight is 294 g/mol. The zero-order chi connectivity index (χ0) is 14.0. The number of carbonyl (C=O) groups is 1. The molecule has 2 rings (SSSR count). The molecule has 0 unspecified atom stereocenters. The van der Waals surface area contributed by atoms with Crippen LogP contribution in [0, 0.1) is 13.8 Å². The smallest absolute Gasteiger partial charge is 0.169 e. The van der Waals surface area contributed by atoms with Gasteiger partial charge in [-0.2, -0.15) is 0 Å². The SMILES string of the molecule is Cc1ccc(C(=O)Cc2cc(Cl)ccc2Cl)c(C)n1. The third-order valence-electron chi connectivity index (χ3n) is 2.88. The number of hydrogen-bond acceptors (Lipinski definition) is 2. The second kappa shape index (κ2) is 5.72. The molecule has 0 fully saturated rings. The third-order valence-corrected chi connectivity index (χ3v) is 3.49. The highest BCUT2D eigenvalue weighted by Crippen LogP contribution is 2.22. The summed E-state index contributed by atoms with van der Waals surface area (Å²) in [4.78, 5) is 16.6. The summed E-state index contributed by atoms with van der Waals surface area (Å²) in [6.07, 6.45) is 0.227. The molecule has 0 radical (unpaired) electrons. The van der Waals surface area contributed by atoms with Gasteiger partial charge in [0.25, 0.3) is 0 Å². The molecule has 0 N–H and O–H groups in total. The predicted molar refractivity (Wildman–Crippen MR) is 78.2 cm³/mol. The molecule has 0 saturated heterocycles. The molecule has 4 heteroatoms. The molecule has 0 aliphatic rings. The Labute approximate surface area is 122 Å². The third kappa shape index (κ3) is 3.34. The van der Waals surface area contributed by atoms with Crippen LogP contribution in [-0.2, 0) is 6.42 Å². The zero-order valence-corrected chi connectivity index (χ0v) is 12.2. The fourth-order valence-electron chi connectivity index (χ4n) is 1.93. The maximum atomic E-state index is 12.3. The Morgan fingerprint density at radius 1 is 1.16 bits per heavy atom. The Morgan fingerprint density at radius 2 is 1.89 bits per heavy atom. The molecule has 2 aromatic rings. The van der Waals surface area contributed by atoms with Crippen LogP contribution in [0.4, 0.5) is 0 Å². The highest BCUT2D eigenvalue weighted by Gasteiger charge is 2.13. The van der Waals surface area contributed by atoms with E-state index in [0.29, 0.717) is 15.6 Å². The van der Waals surface area contributed by atoms with E-state index in [9.17, 15) is 4.79 Å². The number of carbonyl (C=O) groups excluding carboxylic acids is 1. The Morgan fingerprint density at radius 3 is 2.58 bits per heavy atom. The van der Waals surface area contributed by atoms with Crippen LogP contribution in [-0.4, -0.2) is 10.8 Å². The summed E-state index contributed by atoms with van der Waals surface area (Å²) in [7, 11) is 0. The summed E-state index contributed by atoms with van der Waals surface area (Å²) in [5.41, 5.74) is 3.00. The molecule has 1 heterocycles. The number of nitrogens with zero attached hydrogens (tertiary/aromatic N) is 1. The van der Waals surface area contributed by atoms with Crippen molar-refractivity contribution in [3.8, 4) is 0 Å². The number of Topliss-reactive ketones (excluding diaryl/α,β-unsaturated/α-hetero) is 1. The fourth-order valence-corrected chi connectivity index (χ4v) is 2.31. The first-order chi connectivity index (χ1) is 8.97. The summed E-state index contributed by atoms with van der Waals surface area (Å²) in [6, 6.07) is 8.76. The summed E-state index contributed by atoms with van der Waals surface area (Å²) in [5.74, 6) is -0.00540. The van der Waals surface area contributed by atoms with Crippen molar-refractivity contribution in [1.29, 1.82) is 0 Å². The van der Waals surface area contributed by atoms with Crippen molar-refractivity contribution in [2.45, 2.75) is 20.3 Å². The monoisotopic (exact) mass is 293 g/mol. The predicted octanol–water partition coefficient (Wildman–Crippen LogP) is 4.43. The van der Waals surface area contributed by atoms with E-state index in [1.807, 2.05) is 19.9 Å². The van der Waals surface area contributed by atoms with Crippen molar-refractivity contribution in [3.63, 3.8) is 0 Å². The first-order valence-electron chi connectivity index (χ1n) is 5.89. The van der Waals surface area contributed by atoms with Crippen LogP contribution in [0.15, 0.2) is 30.3 Å². The van der Waals surface area contributed by atoms with E-state index < -0.39 is 0 Å². The number of halogens is 2. The van der Waals surface area contributed by atoms with Gasteiger partial charge in [-0.15, -0.1) is 0 Å². The highest BCUT2D eigenvalue weighted by atomic mass is 35.5. The Hall–Kier alpha value is -1.38. The largest absolute Gasteiger partial charge is 0.294 e. The zero-order valence-electron chi connectivity index (χ0n) is 10.7. The van der Waals surface area contributed by atoms with Crippen molar-refractivity contribution in [2.75, 3.05) is 0 Å². The number of aromatic nitrogens is 1. The summed E-state index contributed by atoms with van der Waals surface area (Å²) in [6.45, 7) is 3.73. The Balaban J connectivity index is 2.28. The number of rotatable bonds is 3.